The molecule has 0 saturated carbocycles. The summed E-state index contributed by atoms with van der Waals surface area (Å²) in [6.45, 7) is 10.5. The summed E-state index contributed by atoms with van der Waals surface area (Å²) >= 11 is 0. The van der Waals surface area contributed by atoms with E-state index in [4.69, 9.17) is 10.5 Å². The summed E-state index contributed by atoms with van der Waals surface area (Å²) in [7, 11) is 0. The lowest BCUT2D eigenvalue weighted by Gasteiger charge is -2.21. The van der Waals surface area contributed by atoms with Crippen molar-refractivity contribution in [2.45, 2.75) is 6.92 Å². The van der Waals surface area contributed by atoms with E-state index in [1.54, 1.807) is 35.3 Å². The van der Waals surface area contributed by atoms with E-state index in [1.807, 2.05) is 6.92 Å². The molecule has 0 aliphatic rings. The summed E-state index contributed by atoms with van der Waals surface area (Å²) in [5.41, 5.74) is 6.71. The Morgan fingerprint density at radius 1 is 1.37 bits per heavy atom. The Hall–Kier alpha value is -2.23. The highest BCUT2D eigenvalue weighted by Crippen LogP contribution is 2.26. The van der Waals surface area contributed by atoms with Crippen LogP contribution < -0.4 is 10.5 Å². The molecule has 1 aromatic rings. The van der Waals surface area contributed by atoms with Gasteiger partial charge < -0.3 is 15.4 Å². The number of ether oxygens (including phenoxy) is 1. The molecule has 0 aliphatic heterocycles. The van der Waals surface area contributed by atoms with Crippen LogP contribution in [0.25, 0.3) is 0 Å². The normalized spacial score (nSPS) is 9.74. The van der Waals surface area contributed by atoms with Crippen LogP contribution in [0.15, 0.2) is 43.5 Å². The third-order valence-electron chi connectivity index (χ3n) is 2.56. The molecule has 102 valence electrons. The van der Waals surface area contributed by atoms with Gasteiger partial charge in [0, 0.05) is 18.8 Å². The average Bonchev–Trinajstić information content (AvgIpc) is 2.38. The number of rotatable bonds is 7. The number of amides is 1. The quantitative estimate of drug-likeness (QED) is 0.605. The standard InChI is InChI=1S/C15H20N2O2/c1-4-10-17(11-5-2)15(18)14-12(16)8-7-9-13(14)19-6-3/h4-5,7-9H,1-2,6,10-11,16H2,3H3. The molecule has 0 fully saturated rings. The molecule has 0 aliphatic carbocycles. The van der Waals surface area contributed by atoms with Gasteiger partial charge >= 0.3 is 0 Å². The van der Waals surface area contributed by atoms with Crippen LogP contribution >= 0.6 is 0 Å². The maximum absolute atomic E-state index is 12.5. The molecule has 4 nitrogen and oxygen atoms in total. The first-order valence-electron chi connectivity index (χ1n) is 6.18. The predicted molar refractivity (Wildman–Crippen MR) is 78.3 cm³/mol. The van der Waals surface area contributed by atoms with Crippen LogP contribution in [0, 0.1) is 0 Å². The fourth-order valence-corrected chi connectivity index (χ4v) is 1.76. The van der Waals surface area contributed by atoms with E-state index >= 15 is 0 Å². The molecule has 0 bridgehead atoms. The van der Waals surface area contributed by atoms with E-state index in [0.29, 0.717) is 36.7 Å². The van der Waals surface area contributed by atoms with Crippen LogP contribution in [-0.4, -0.2) is 30.5 Å². The maximum Gasteiger partial charge on any atom is 0.260 e. The van der Waals surface area contributed by atoms with Crippen molar-refractivity contribution in [2.75, 3.05) is 25.4 Å². The van der Waals surface area contributed by atoms with Crippen molar-refractivity contribution in [2.24, 2.45) is 0 Å². The van der Waals surface area contributed by atoms with Crippen molar-refractivity contribution in [1.82, 2.24) is 4.90 Å². The van der Waals surface area contributed by atoms with E-state index < -0.39 is 0 Å². The van der Waals surface area contributed by atoms with Gasteiger partial charge in [0.05, 0.1) is 6.61 Å². The second kappa shape index (κ2) is 7.26. The lowest BCUT2D eigenvalue weighted by Crippen LogP contribution is -2.32. The number of carbonyl (C=O) groups is 1. The molecule has 0 radical (unpaired) electrons. The largest absolute Gasteiger partial charge is 0.493 e. The number of anilines is 1. The SMILES string of the molecule is C=CCN(CC=C)C(=O)c1c(N)cccc1OCC. The Morgan fingerprint density at radius 2 is 2.00 bits per heavy atom. The van der Waals surface area contributed by atoms with Crippen LogP contribution in [0.2, 0.25) is 0 Å². The molecule has 1 rings (SSSR count). The Labute approximate surface area is 114 Å². The molecule has 0 saturated heterocycles. The van der Waals surface area contributed by atoms with Gasteiger partial charge in [0.15, 0.2) is 0 Å². The van der Waals surface area contributed by atoms with Gasteiger partial charge in [-0.15, -0.1) is 13.2 Å². The summed E-state index contributed by atoms with van der Waals surface area (Å²) in [6.07, 6.45) is 3.34. The average molecular weight is 260 g/mol. The third kappa shape index (κ3) is 3.61. The van der Waals surface area contributed by atoms with Gasteiger partial charge in [-0.2, -0.15) is 0 Å². The maximum atomic E-state index is 12.5. The van der Waals surface area contributed by atoms with Crippen LogP contribution in [0.3, 0.4) is 0 Å². The van der Waals surface area contributed by atoms with Crippen molar-refractivity contribution in [3.8, 4) is 5.75 Å². The summed E-state index contributed by atoms with van der Waals surface area (Å²) in [4.78, 5) is 14.1. The first kappa shape index (κ1) is 14.8. The topological polar surface area (TPSA) is 55.6 Å². The number of nitrogen functional groups attached to an aromatic ring is 1. The zero-order chi connectivity index (χ0) is 14.3. The predicted octanol–water partition coefficient (Wildman–Crippen LogP) is 2.48. The van der Waals surface area contributed by atoms with E-state index in [9.17, 15) is 4.79 Å². The van der Waals surface area contributed by atoms with Crippen molar-refractivity contribution < 1.29 is 9.53 Å². The fourth-order valence-electron chi connectivity index (χ4n) is 1.76. The van der Waals surface area contributed by atoms with Gasteiger partial charge in [-0.1, -0.05) is 18.2 Å². The molecule has 0 heterocycles. The van der Waals surface area contributed by atoms with Crippen LogP contribution in [0.4, 0.5) is 5.69 Å². The van der Waals surface area contributed by atoms with Gasteiger partial charge in [0.1, 0.15) is 11.3 Å². The van der Waals surface area contributed by atoms with Gasteiger partial charge in [0.25, 0.3) is 5.91 Å². The Bertz CT molecular complexity index is 459. The van der Waals surface area contributed by atoms with E-state index in [-0.39, 0.29) is 5.91 Å². The third-order valence-corrected chi connectivity index (χ3v) is 2.56. The molecule has 2 N–H and O–H groups in total. The smallest absolute Gasteiger partial charge is 0.260 e. The molecular weight excluding hydrogens is 240 g/mol. The second-order valence-corrected chi connectivity index (χ2v) is 3.94. The van der Waals surface area contributed by atoms with Gasteiger partial charge in [0.2, 0.25) is 0 Å². The van der Waals surface area contributed by atoms with Crippen LogP contribution in [-0.2, 0) is 0 Å². The summed E-state index contributed by atoms with van der Waals surface area (Å²) < 4.78 is 5.47. The molecule has 1 aromatic carbocycles. The Morgan fingerprint density at radius 3 is 2.53 bits per heavy atom. The first-order valence-corrected chi connectivity index (χ1v) is 6.18. The minimum atomic E-state index is -0.179. The Balaban J connectivity index is 3.14. The Kier molecular flexibility index (Phi) is 5.67. The number of benzene rings is 1. The number of nitrogens with zero attached hydrogens (tertiary/aromatic N) is 1. The monoisotopic (exact) mass is 260 g/mol. The lowest BCUT2D eigenvalue weighted by molar-refractivity contribution is 0.0788. The van der Waals surface area contributed by atoms with Crippen LogP contribution in [0.1, 0.15) is 17.3 Å². The van der Waals surface area contributed by atoms with E-state index in [0.717, 1.165) is 0 Å². The molecular formula is C15H20N2O2. The number of hydrogen-bond acceptors (Lipinski definition) is 3. The van der Waals surface area contributed by atoms with Crippen molar-refractivity contribution in [3.63, 3.8) is 0 Å². The fraction of sp³-hybridized carbons (Fsp3) is 0.267. The lowest BCUT2D eigenvalue weighted by atomic mass is 10.1. The minimum absolute atomic E-state index is 0.179. The van der Waals surface area contributed by atoms with Gasteiger partial charge in [-0.3, -0.25) is 4.79 Å². The molecule has 0 spiro atoms. The van der Waals surface area contributed by atoms with Crippen molar-refractivity contribution in [3.05, 3.63) is 49.1 Å². The summed E-state index contributed by atoms with van der Waals surface area (Å²) in [5, 5.41) is 0. The molecule has 19 heavy (non-hydrogen) atoms. The summed E-state index contributed by atoms with van der Waals surface area (Å²) in [5.74, 6) is 0.326. The minimum Gasteiger partial charge on any atom is -0.493 e. The van der Waals surface area contributed by atoms with Gasteiger partial charge in [-0.05, 0) is 19.1 Å². The first-order chi connectivity index (χ1) is 9.15. The van der Waals surface area contributed by atoms with E-state index in [2.05, 4.69) is 13.2 Å². The number of nitrogens with two attached hydrogens (primary N) is 1. The highest BCUT2D eigenvalue weighted by atomic mass is 16.5. The molecule has 1 amide bonds. The molecule has 0 unspecified atom stereocenters. The van der Waals surface area contributed by atoms with Crippen molar-refractivity contribution in [1.29, 1.82) is 0 Å². The zero-order valence-electron chi connectivity index (χ0n) is 11.3. The van der Waals surface area contributed by atoms with Gasteiger partial charge in [-0.25, -0.2) is 0 Å². The van der Waals surface area contributed by atoms with Crippen LogP contribution in [0.5, 0.6) is 5.75 Å². The van der Waals surface area contributed by atoms with E-state index in [1.165, 1.54) is 0 Å². The highest BCUT2D eigenvalue weighted by Gasteiger charge is 2.20. The van der Waals surface area contributed by atoms with Crippen molar-refractivity contribution >= 4 is 11.6 Å². The molecule has 0 atom stereocenters. The summed E-state index contributed by atoms with van der Waals surface area (Å²) in [6, 6.07) is 5.20. The zero-order valence-corrected chi connectivity index (χ0v) is 11.3. The molecule has 0 aromatic heterocycles. The number of carbonyl (C=O) groups excluding carboxylic acids is 1. The molecule has 4 heteroatoms. The number of hydrogen-bond donors (Lipinski definition) is 1. The highest BCUT2D eigenvalue weighted by molar-refractivity contribution is 6.02. The second-order valence-electron chi connectivity index (χ2n) is 3.94.